The van der Waals surface area contributed by atoms with Gasteiger partial charge in [-0.1, -0.05) is 23.7 Å². The lowest BCUT2D eigenvalue weighted by atomic mass is 9.97. The third-order valence-electron chi connectivity index (χ3n) is 4.58. The van der Waals surface area contributed by atoms with Gasteiger partial charge in [-0.3, -0.25) is 5.32 Å². The Morgan fingerprint density at radius 1 is 1.36 bits per heavy atom. The molecule has 3 rings (SSSR count). The number of nitrogens with one attached hydrogen (secondary N) is 1. The molecule has 1 fully saturated rings. The summed E-state index contributed by atoms with van der Waals surface area (Å²) in [6.07, 6.45) is 2.68. The molecule has 8 heteroatoms. The molecular formula is C17H21ClN4O2S. The van der Waals surface area contributed by atoms with Crippen LogP contribution in [0.25, 0.3) is 11.4 Å². The van der Waals surface area contributed by atoms with Gasteiger partial charge in [0, 0.05) is 37.3 Å². The number of hydrogen-bond acceptors (Lipinski definition) is 5. The minimum Gasteiger partial charge on any atom is -0.378 e. The van der Waals surface area contributed by atoms with Gasteiger partial charge in [0.15, 0.2) is 5.82 Å². The van der Waals surface area contributed by atoms with E-state index in [1.54, 1.807) is 18.1 Å². The molecule has 0 radical (unpaired) electrons. The van der Waals surface area contributed by atoms with Gasteiger partial charge >= 0.3 is 6.03 Å². The van der Waals surface area contributed by atoms with Crippen LogP contribution in [0.5, 0.6) is 0 Å². The van der Waals surface area contributed by atoms with Crippen LogP contribution in [0.1, 0.15) is 26.2 Å². The van der Waals surface area contributed by atoms with Crippen molar-refractivity contribution in [1.82, 2.24) is 14.3 Å². The molecular weight excluding hydrogens is 360 g/mol. The molecule has 1 aromatic heterocycles. The molecule has 0 bridgehead atoms. The maximum absolute atomic E-state index is 12.5. The van der Waals surface area contributed by atoms with Gasteiger partial charge in [-0.05, 0) is 38.3 Å². The van der Waals surface area contributed by atoms with E-state index >= 15 is 0 Å². The van der Waals surface area contributed by atoms with Crippen molar-refractivity contribution in [1.29, 1.82) is 0 Å². The Morgan fingerprint density at radius 3 is 2.92 bits per heavy atom. The van der Waals surface area contributed by atoms with Crippen LogP contribution in [0.3, 0.4) is 0 Å². The maximum Gasteiger partial charge on any atom is 0.323 e. The van der Waals surface area contributed by atoms with Gasteiger partial charge < -0.3 is 9.64 Å². The highest BCUT2D eigenvalue weighted by Crippen LogP contribution is 2.28. The van der Waals surface area contributed by atoms with E-state index in [1.165, 1.54) is 0 Å². The van der Waals surface area contributed by atoms with Crippen molar-refractivity contribution in [2.45, 2.75) is 31.8 Å². The number of urea groups is 1. The second-order valence-electron chi connectivity index (χ2n) is 6.33. The molecule has 2 heterocycles. The third-order valence-corrected chi connectivity index (χ3v) is 5.54. The Labute approximate surface area is 156 Å². The fraction of sp³-hybridized carbons (Fsp3) is 0.471. The number of benzene rings is 1. The maximum atomic E-state index is 12.5. The molecule has 2 aromatic rings. The summed E-state index contributed by atoms with van der Waals surface area (Å²) in [5.74, 6) is 0.522. The first-order valence-electron chi connectivity index (χ1n) is 8.20. The van der Waals surface area contributed by atoms with E-state index in [4.69, 9.17) is 16.3 Å². The lowest BCUT2D eigenvalue weighted by molar-refractivity contribution is -0.00491. The Balaban J connectivity index is 1.65. The van der Waals surface area contributed by atoms with Crippen molar-refractivity contribution in [3.63, 3.8) is 0 Å². The minimum atomic E-state index is -0.158. The molecule has 1 saturated heterocycles. The fourth-order valence-electron chi connectivity index (χ4n) is 2.86. The molecule has 0 aliphatic carbocycles. The lowest BCUT2D eigenvalue weighted by Crippen LogP contribution is -2.37. The Bertz CT molecular complexity index is 754. The van der Waals surface area contributed by atoms with E-state index in [0.29, 0.717) is 29.1 Å². The average Bonchev–Trinajstić information content (AvgIpc) is 2.96. The van der Waals surface area contributed by atoms with Crippen molar-refractivity contribution < 1.29 is 9.53 Å². The molecule has 6 nitrogen and oxygen atoms in total. The quantitative estimate of drug-likeness (QED) is 0.862. The van der Waals surface area contributed by atoms with Gasteiger partial charge in [-0.25, -0.2) is 4.79 Å². The predicted molar refractivity (Wildman–Crippen MR) is 100 cm³/mol. The molecule has 1 aliphatic rings. The van der Waals surface area contributed by atoms with Gasteiger partial charge in [-0.15, -0.1) is 0 Å². The third kappa shape index (κ3) is 4.29. The molecule has 1 N–H and O–H groups in total. The van der Waals surface area contributed by atoms with Crippen LogP contribution in [-0.4, -0.2) is 46.1 Å². The smallest absolute Gasteiger partial charge is 0.323 e. The minimum absolute atomic E-state index is 0.151. The van der Waals surface area contributed by atoms with Crippen LogP contribution < -0.4 is 5.32 Å². The molecule has 25 heavy (non-hydrogen) atoms. The van der Waals surface area contributed by atoms with Crippen molar-refractivity contribution >= 4 is 34.3 Å². The number of hydrogen-bond donors (Lipinski definition) is 1. The number of ether oxygens (including phenoxy) is 1. The SMILES string of the molecule is COC1(C)CCCN(C(=O)Nc2nc(-c3ccccc3Cl)ns2)CC1. The predicted octanol–water partition coefficient (Wildman–Crippen LogP) is 4.28. The largest absolute Gasteiger partial charge is 0.378 e. The number of likely N-dealkylation sites (tertiary alicyclic amines) is 1. The van der Waals surface area contributed by atoms with Crippen molar-refractivity contribution in [3.8, 4) is 11.4 Å². The Morgan fingerprint density at radius 2 is 2.16 bits per heavy atom. The highest BCUT2D eigenvalue weighted by atomic mass is 35.5. The van der Waals surface area contributed by atoms with Gasteiger partial charge in [-0.2, -0.15) is 9.36 Å². The normalized spacial score (nSPS) is 21.0. The van der Waals surface area contributed by atoms with Crippen LogP contribution in [0, 0.1) is 0 Å². The molecule has 1 atom stereocenters. The van der Waals surface area contributed by atoms with Crippen LogP contribution in [0.15, 0.2) is 24.3 Å². The number of halogens is 1. The highest BCUT2D eigenvalue weighted by Gasteiger charge is 2.29. The van der Waals surface area contributed by atoms with Gasteiger partial charge in [0.1, 0.15) is 0 Å². The molecule has 0 spiro atoms. The van der Waals surface area contributed by atoms with Gasteiger partial charge in [0.25, 0.3) is 0 Å². The number of rotatable bonds is 3. The zero-order valence-corrected chi connectivity index (χ0v) is 15.9. The van der Waals surface area contributed by atoms with Crippen LogP contribution >= 0.6 is 23.1 Å². The number of nitrogens with zero attached hydrogens (tertiary/aromatic N) is 3. The molecule has 1 aromatic carbocycles. The first kappa shape index (κ1) is 18.1. The standard InChI is InChI=1S/C17H21ClN4O2S/c1-17(24-2)8-5-10-22(11-9-17)16(23)20-15-19-14(21-25-15)12-6-3-4-7-13(12)18/h3-4,6-7H,5,8-11H2,1-2H3,(H,19,20,21,23). The van der Waals surface area contributed by atoms with E-state index in [-0.39, 0.29) is 11.6 Å². The summed E-state index contributed by atoms with van der Waals surface area (Å²) >= 11 is 7.32. The Hall–Kier alpha value is -1.70. The van der Waals surface area contributed by atoms with Crippen LogP contribution in [-0.2, 0) is 4.74 Å². The monoisotopic (exact) mass is 380 g/mol. The number of aromatic nitrogens is 2. The number of carbonyl (C=O) groups excluding carboxylic acids is 1. The number of methoxy groups -OCH3 is 1. The van der Waals surface area contributed by atoms with Crippen molar-refractivity contribution in [2.24, 2.45) is 0 Å². The van der Waals surface area contributed by atoms with E-state index in [0.717, 1.165) is 36.4 Å². The summed E-state index contributed by atoms with van der Waals surface area (Å²) in [4.78, 5) is 18.7. The van der Waals surface area contributed by atoms with Crippen LogP contribution in [0.4, 0.5) is 9.93 Å². The summed E-state index contributed by atoms with van der Waals surface area (Å²) in [7, 11) is 1.73. The fourth-order valence-corrected chi connectivity index (χ4v) is 3.65. The summed E-state index contributed by atoms with van der Waals surface area (Å²) in [6, 6.07) is 7.23. The second kappa shape index (κ2) is 7.68. The van der Waals surface area contributed by atoms with E-state index in [2.05, 4.69) is 21.6 Å². The van der Waals surface area contributed by atoms with E-state index in [1.807, 2.05) is 18.2 Å². The Kier molecular flexibility index (Phi) is 5.56. The van der Waals surface area contributed by atoms with Crippen molar-refractivity contribution in [2.75, 3.05) is 25.5 Å². The summed E-state index contributed by atoms with van der Waals surface area (Å²) in [5.41, 5.74) is 0.598. The first-order chi connectivity index (χ1) is 12.0. The first-order valence-corrected chi connectivity index (χ1v) is 9.35. The highest BCUT2D eigenvalue weighted by molar-refractivity contribution is 7.10. The molecule has 1 unspecified atom stereocenters. The lowest BCUT2D eigenvalue weighted by Gasteiger charge is -2.26. The topological polar surface area (TPSA) is 67.3 Å². The zero-order chi connectivity index (χ0) is 17.9. The zero-order valence-electron chi connectivity index (χ0n) is 14.3. The number of amides is 2. The van der Waals surface area contributed by atoms with Gasteiger partial charge in [0.2, 0.25) is 5.13 Å². The average molecular weight is 381 g/mol. The molecule has 1 aliphatic heterocycles. The number of carbonyl (C=O) groups is 1. The second-order valence-corrected chi connectivity index (χ2v) is 7.49. The van der Waals surface area contributed by atoms with E-state index in [9.17, 15) is 4.79 Å². The molecule has 0 saturated carbocycles. The summed E-state index contributed by atoms with van der Waals surface area (Å²) in [6.45, 7) is 3.46. The molecule has 134 valence electrons. The molecule has 2 amide bonds. The summed E-state index contributed by atoms with van der Waals surface area (Å²) < 4.78 is 9.87. The van der Waals surface area contributed by atoms with Gasteiger partial charge in [0.05, 0.1) is 10.6 Å². The van der Waals surface area contributed by atoms with E-state index < -0.39 is 0 Å². The number of anilines is 1. The van der Waals surface area contributed by atoms with Crippen LogP contribution in [0.2, 0.25) is 5.02 Å². The van der Waals surface area contributed by atoms with Crippen molar-refractivity contribution in [3.05, 3.63) is 29.3 Å². The summed E-state index contributed by atoms with van der Waals surface area (Å²) in [5, 5.41) is 3.90.